The number of nitrogens with one attached hydrogen (secondary N) is 1. The number of carboxylic acids is 1. The third kappa shape index (κ3) is 3.53. The van der Waals surface area contributed by atoms with E-state index < -0.39 is 12.0 Å². The van der Waals surface area contributed by atoms with Crippen LogP contribution in [0, 0.1) is 0 Å². The lowest BCUT2D eigenvalue weighted by Crippen LogP contribution is -2.70. The summed E-state index contributed by atoms with van der Waals surface area (Å²) in [5.41, 5.74) is 1.52. The quantitative estimate of drug-likeness (QED) is 0.745. The Bertz CT molecular complexity index is 788. The van der Waals surface area contributed by atoms with Gasteiger partial charge in [-0.25, -0.2) is 4.79 Å². The van der Waals surface area contributed by atoms with Gasteiger partial charge in [0, 0.05) is 5.75 Å². The standard InChI is InChI=1S/C19H20N2O4S/c1-2-3-9-13-11-26-18-15(17(23)21(18)16(13)19(24)25)20-14(22)10-12-7-5-4-6-8-12/h3-9,15,18H,2,10-11H2,1H3,(H,20,22)(H,24,25)/b9-3-/t15-,18-/m1/s1. The fourth-order valence-electron chi connectivity index (χ4n) is 3.04. The van der Waals surface area contributed by atoms with Crippen LogP contribution in [0.4, 0.5) is 0 Å². The van der Waals surface area contributed by atoms with E-state index in [2.05, 4.69) is 5.32 Å². The molecule has 2 N–H and O–H groups in total. The summed E-state index contributed by atoms with van der Waals surface area (Å²) in [6.45, 7) is 1.96. The molecule has 2 amide bonds. The number of allylic oxidation sites excluding steroid dienone is 2. The Labute approximate surface area is 155 Å². The summed E-state index contributed by atoms with van der Waals surface area (Å²) >= 11 is 1.47. The molecule has 1 aromatic carbocycles. The van der Waals surface area contributed by atoms with E-state index in [0.29, 0.717) is 11.3 Å². The van der Waals surface area contributed by atoms with Crippen molar-refractivity contribution < 1.29 is 19.5 Å². The Morgan fingerprint density at radius 3 is 2.73 bits per heavy atom. The van der Waals surface area contributed by atoms with Gasteiger partial charge in [0.05, 0.1) is 6.42 Å². The second-order valence-electron chi connectivity index (χ2n) is 6.11. The summed E-state index contributed by atoms with van der Waals surface area (Å²) in [6.07, 6.45) is 4.62. The van der Waals surface area contributed by atoms with Gasteiger partial charge >= 0.3 is 5.97 Å². The van der Waals surface area contributed by atoms with Gasteiger partial charge in [0.15, 0.2) is 0 Å². The molecule has 0 bridgehead atoms. The van der Waals surface area contributed by atoms with Crippen molar-refractivity contribution in [2.75, 3.05) is 5.75 Å². The number of carbonyl (C=O) groups is 3. The summed E-state index contributed by atoms with van der Waals surface area (Å²) in [5, 5.41) is 11.9. The molecule has 3 rings (SSSR count). The number of hydrogen-bond donors (Lipinski definition) is 2. The average Bonchev–Trinajstić information content (AvgIpc) is 2.64. The molecule has 26 heavy (non-hydrogen) atoms. The van der Waals surface area contributed by atoms with E-state index in [4.69, 9.17) is 0 Å². The Balaban J connectivity index is 1.71. The van der Waals surface area contributed by atoms with Gasteiger partial charge in [-0.2, -0.15) is 0 Å². The van der Waals surface area contributed by atoms with Crippen LogP contribution in [-0.4, -0.2) is 45.0 Å². The van der Waals surface area contributed by atoms with E-state index in [-0.39, 0.29) is 29.3 Å². The van der Waals surface area contributed by atoms with Crippen molar-refractivity contribution in [1.82, 2.24) is 10.2 Å². The monoisotopic (exact) mass is 372 g/mol. The maximum absolute atomic E-state index is 12.5. The fourth-order valence-corrected chi connectivity index (χ4v) is 4.36. The Kier molecular flexibility index (Phi) is 5.46. The molecule has 2 atom stereocenters. The molecule has 1 aromatic rings. The predicted molar refractivity (Wildman–Crippen MR) is 99.3 cm³/mol. The number of carbonyl (C=O) groups excluding carboxylic acids is 2. The molecule has 2 heterocycles. The van der Waals surface area contributed by atoms with Crippen molar-refractivity contribution in [3.63, 3.8) is 0 Å². The minimum atomic E-state index is -1.12. The van der Waals surface area contributed by atoms with Crippen LogP contribution in [0.15, 0.2) is 53.8 Å². The second-order valence-corrected chi connectivity index (χ2v) is 7.21. The molecular formula is C19H20N2O4S. The molecule has 136 valence electrons. The topological polar surface area (TPSA) is 86.7 Å². The maximum Gasteiger partial charge on any atom is 0.352 e. The van der Waals surface area contributed by atoms with Crippen molar-refractivity contribution in [3.05, 3.63) is 59.3 Å². The van der Waals surface area contributed by atoms with Crippen LogP contribution in [0.25, 0.3) is 0 Å². The number of benzene rings is 1. The number of hydrogen-bond acceptors (Lipinski definition) is 4. The highest BCUT2D eigenvalue weighted by Gasteiger charge is 2.53. The SMILES string of the molecule is CC/C=C\C1=C(C(=O)O)N2C(=O)[C@@H](NC(=O)Cc3ccccc3)[C@H]2SC1. The van der Waals surface area contributed by atoms with E-state index in [1.165, 1.54) is 16.7 Å². The van der Waals surface area contributed by atoms with Gasteiger partial charge in [-0.15, -0.1) is 11.8 Å². The van der Waals surface area contributed by atoms with Gasteiger partial charge in [-0.3, -0.25) is 14.5 Å². The van der Waals surface area contributed by atoms with Crippen LogP contribution >= 0.6 is 11.8 Å². The Morgan fingerprint density at radius 1 is 1.35 bits per heavy atom. The number of fused-ring (bicyclic) bond motifs is 1. The first-order chi connectivity index (χ1) is 12.5. The first-order valence-electron chi connectivity index (χ1n) is 8.44. The molecule has 2 aliphatic rings. The van der Waals surface area contributed by atoms with Gasteiger partial charge in [-0.1, -0.05) is 49.4 Å². The minimum absolute atomic E-state index is 0.0250. The molecule has 0 saturated carbocycles. The third-order valence-electron chi connectivity index (χ3n) is 4.28. The van der Waals surface area contributed by atoms with Crippen molar-refractivity contribution in [1.29, 1.82) is 0 Å². The van der Waals surface area contributed by atoms with Gasteiger partial charge in [-0.05, 0) is 17.6 Å². The minimum Gasteiger partial charge on any atom is -0.477 e. The zero-order valence-corrected chi connectivity index (χ0v) is 15.2. The summed E-state index contributed by atoms with van der Waals surface area (Å²) in [6, 6.07) is 8.60. The van der Waals surface area contributed by atoms with Crippen LogP contribution < -0.4 is 5.32 Å². The lowest BCUT2D eigenvalue weighted by Gasteiger charge is -2.49. The zero-order chi connectivity index (χ0) is 18.7. The molecule has 0 radical (unpaired) electrons. The van der Waals surface area contributed by atoms with Crippen molar-refractivity contribution >= 4 is 29.5 Å². The number of thioether (sulfide) groups is 1. The number of nitrogens with zero attached hydrogens (tertiary/aromatic N) is 1. The summed E-state index contributed by atoms with van der Waals surface area (Å²) in [7, 11) is 0. The molecule has 7 heteroatoms. The van der Waals surface area contributed by atoms with Crippen molar-refractivity contribution in [3.8, 4) is 0 Å². The van der Waals surface area contributed by atoms with Gasteiger partial charge in [0.1, 0.15) is 17.1 Å². The highest BCUT2D eigenvalue weighted by Crippen LogP contribution is 2.40. The zero-order valence-electron chi connectivity index (χ0n) is 14.3. The predicted octanol–water partition coefficient (Wildman–Crippen LogP) is 1.93. The number of amides is 2. The molecule has 1 saturated heterocycles. The van der Waals surface area contributed by atoms with Crippen molar-refractivity contribution in [2.24, 2.45) is 0 Å². The van der Waals surface area contributed by atoms with Crippen LogP contribution in [0.3, 0.4) is 0 Å². The Morgan fingerprint density at radius 2 is 2.08 bits per heavy atom. The molecule has 2 aliphatic heterocycles. The normalized spacial score (nSPS) is 22.2. The average molecular weight is 372 g/mol. The van der Waals surface area contributed by atoms with E-state index in [0.717, 1.165) is 12.0 Å². The van der Waals surface area contributed by atoms with Gasteiger partial charge in [0.25, 0.3) is 5.91 Å². The fraction of sp³-hybridized carbons (Fsp3) is 0.316. The van der Waals surface area contributed by atoms with Crippen molar-refractivity contribution in [2.45, 2.75) is 31.2 Å². The number of rotatable bonds is 6. The molecule has 0 aromatic heterocycles. The van der Waals surface area contributed by atoms with Gasteiger partial charge < -0.3 is 10.4 Å². The summed E-state index contributed by atoms with van der Waals surface area (Å²) < 4.78 is 0. The van der Waals surface area contributed by atoms with Crippen LogP contribution in [0.1, 0.15) is 18.9 Å². The van der Waals surface area contributed by atoms with E-state index in [1.54, 1.807) is 6.08 Å². The number of carboxylic acid groups (broad SMARTS) is 1. The van der Waals surface area contributed by atoms with Crippen LogP contribution in [0.5, 0.6) is 0 Å². The largest absolute Gasteiger partial charge is 0.477 e. The molecule has 0 unspecified atom stereocenters. The number of β-lactam (4-membered cyclic amide) rings is 1. The molecule has 0 spiro atoms. The summed E-state index contributed by atoms with van der Waals surface area (Å²) in [5.74, 6) is -1.23. The smallest absolute Gasteiger partial charge is 0.352 e. The Hall–Kier alpha value is -2.54. The summed E-state index contributed by atoms with van der Waals surface area (Å²) in [4.78, 5) is 37.7. The molecule has 6 nitrogen and oxygen atoms in total. The maximum atomic E-state index is 12.5. The van der Waals surface area contributed by atoms with E-state index in [1.807, 2.05) is 43.3 Å². The highest BCUT2D eigenvalue weighted by molar-refractivity contribution is 8.00. The van der Waals surface area contributed by atoms with E-state index >= 15 is 0 Å². The number of aliphatic carboxylic acids is 1. The van der Waals surface area contributed by atoms with Crippen LogP contribution in [0.2, 0.25) is 0 Å². The third-order valence-corrected chi connectivity index (χ3v) is 5.58. The molecule has 0 aliphatic carbocycles. The lowest BCUT2D eigenvalue weighted by atomic mass is 10.0. The highest BCUT2D eigenvalue weighted by atomic mass is 32.2. The first kappa shape index (κ1) is 18.3. The molecule has 1 fully saturated rings. The molecular weight excluding hydrogens is 352 g/mol. The van der Waals surface area contributed by atoms with E-state index in [9.17, 15) is 19.5 Å². The van der Waals surface area contributed by atoms with Crippen LogP contribution in [-0.2, 0) is 20.8 Å². The lowest BCUT2D eigenvalue weighted by molar-refractivity contribution is -0.150. The second kappa shape index (κ2) is 7.78. The van der Waals surface area contributed by atoms with Gasteiger partial charge in [0.2, 0.25) is 5.91 Å². The first-order valence-corrected chi connectivity index (χ1v) is 9.48.